The van der Waals surface area contributed by atoms with Gasteiger partial charge in [-0.15, -0.1) is 0 Å². The molecule has 0 fully saturated rings. The van der Waals surface area contributed by atoms with Gasteiger partial charge in [-0.05, 0) is 38.8 Å². The molecule has 90 valence electrons. The summed E-state index contributed by atoms with van der Waals surface area (Å²) in [6.07, 6.45) is 1.73. The molecule has 2 N–H and O–H groups in total. The molecule has 1 aliphatic heterocycles. The van der Waals surface area contributed by atoms with Crippen molar-refractivity contribution in [2.24, 2.45) is 5.73 Å². The Balaban J connectivity index is 2.42. The van der Waals surface area contributed by atoms with Gasteiger partial charge in [-0.3, -0.25) is 0 Å². The van der Waals surface area contributed by atoms with Gasteiger partial charge in [-0.2, -0.15) is 0 Å². The Morgan fingerprint density at radius 1 is 1.53 bits per heavy atom. The molecule has 1 aliphatic rings. The van der Waals surface area contributed by atoms with Crippen LogP contribution < -0.4 is 5.73 Å². The number of aromatic nitrogens is 2. The average Bonchev–Trinajstić information content (AvgIpc) is 2.67. The van der Waals surface area contributed by atoms with Crippen molar-refractivity contribution >= 4 is 11.0 Å². The van der Waals surface area contributed by atoms with Crippen molar-refractivity contribution in [1.29, 1.82) is 0 Å². The fourth-order valence-electron chi connectivity index (χ4n) is 2.74. The zero-order valence-corrected chi connectivity index (χ0v) is 10.1. The lowest BCUT2D eigenvalue weighted by molar-refractivity contribution is 0.462. The summed E-state index contributed by atoms with van der Waals surface area (Å²) in [6, 6.07) is 3.47. The molecule has 4 heteroatoms. The number of aryl methyl sites for hydroxylation is 1. The van der Waals surface area contributed by atoms with E-state index >= 15 is 0 Å². The molecule has 2 atom stereocenters. The number of benzene rings is 1. The van der Waals surface area contributed by atoms with Crippen molar-refractivity contribution in [3.63, 3.8) is 0 Å². The summed E-state index contributed by atoms with van der Waals surface area (Å²) in [5.41, 5.74) is 8.55. The highest BCUT2D eigenvalue weighted by atomic mass is 19.1. The molecule has 1 aromatic carbocycles. The van der Waals surface area contributed by atoms with Crippen molar-refractivity contribution in [3.05, 3.63) is 29.3 Å². The quantitative estimate of drug-likeness (QED) is 0.823. The Morgan fingerprint density at radius 3 is 3.00 bits per heavy atom. The normalized spacial score (nSPS) is 20.8. The van der Waals surface area contributed by atoms with Gasteiger partial charge in [-0.25, -0.2) is 9.37 Å². The molecule has 3 nitrogen and oxygen atoms in total. The monoisotopic (exact) mass is 233 g/mol. The first-order chi connectivity index (χ1) is 8.09. The number of hydrogen-bond donors (Lipinski definition) is 1. The predicted octanol–water partition coefficient (Wildman–Crippen LogP) is 2.70. The van der Waals surface area contributed by atoms with Crippen LogP contribution in [0, 0.1) is 5.82 Å². The van der Waals surface area contributed by atoms with E-state index in [1.807, 2.05) is 6.92 Å². The van der Waals surface area contributed by atoms with Gasteiger partial charge < -0.3 is 10.3 Å². The second kappa shape index (κ2) is 3.53. The van der Waals surface area contributed by atoms with Crippen molar-refractivity contribution in [2.75, 3.05) is 0 Å². The van der Waals surface area contributed by atoms with E-state index in [0.717, 1.165) is 35.3 Å². The highest BCUT2D eigenvalue weighted by molar-refractivity contribution is 5.81. The van der Waals surface area contributed by atoms with Gasteiger partial charge in [0.05, 0.1) is 17.1 Å². The Hall–Kier alpha value is -1.42. The largest absolute Gasteiger partial charge is 0.324 e. The first kappa shape index (κ1) is 10.7. The van der Waals surface area contributed by atoms with E-state index in [2.05, 4.69) is 16.5 Å². The minimum absolute atomic E-state index is 0.123. The highest BCUT2D eigenvalue weighted by Crippen LogP contribution is 2.35. The van der Waals surface area contributed by atoms with Crippen molar-refractivity contribution < 1.29 is 4.39 Å². The Bertz CT molecular complexity index is 586. The number of rotatable bonds is 1. The molecule has 0 saturated carbocycles. The van der Waals surface area contributed by atoms with E-state index in [9.17, 15) is 4.39 Å². The molecule has 2 aromatic rings. The Labute approximate surface area is 99.4 Å². The van der Waals surface area contributed by atoms with Crippen LogP contribution in [0.15, 0.2) is 12.1 Å². The lowest BCUT2D eigenvalue weighted by atomic mass is 9.99. The van der Waals surface area contributed by atoms with Gasteiger partial charge in [0, 0.05) is 11.6 Å². The lowest BCUT2D eigenvalue weighted by Crippen LogP contribution is -2.20. The maximum atomic E-state index is 13.8. The minimum Gasteiger partial charge on any atom is -0.324 e. The van der Waals surface area contributed by atoms with Crippen LogP contribution in [0.4, 0.5) is 4.39 Å². The van der Waals surface area contributed by atoms with Gasteiger partial charge >= 0.3 is 0 Å². The smallest absolute Gasteiger partial charge is 0.128 e. The molecule has 0 bridgehead atoms. The van der Waals surface area contributed by atoms with E-state index in [1.54, 1.807) is 6.07 Å². The third-order valence-corrected chi connectivity index (χ3v) is 3.59. The summed E-state index contributed by atoms with van der Waals surface area (Å²) in [6.45, 7) is 4.06. The SMILES string of the molecule is CC(N)c1nc2ccc(F)c3c2n1[C@@H](C)CC3. The fraction of sp³-hybridized carbons (Fsp3) is 0.462. The minimum atomic E-state index is -0.126. The molecule has 1 unspecified atom stereocenters. The molecular formula is C13H16FN3. The first-order valence-electron chi connectivity index (χ1n) is 6.04. The molecule has 0 saturated heterocycles. The second-order valence-electron chi connectivity index (χ2n) is 4.91. The molecule has 0 aliphatic carbocycles. The number of imidazole rings is 1. The van der Waals surface area contributed by atoms with E-state index < -0.39 is 0 Å². The van der Waals surface area contributed by atoms with E-state index in [0.29, 0.717) is 6.04 Å². The zero-order chi connectivity index (χ0) is 12.2. The summed E-state index contributed by atoms with van der Waals surface area (Å²) in [4.78, 5) is 4.55. The van der Waals surface area contributed by atoms with Crippen molar-refractivity contribution in [2.45, 2.75) is 38.8 Å². The van der Waals surface area contributed by atoms with E-state index in [4.69, 9.17) is 5.73 Å². The predicted molar refractivity (Wildman–Crippen MR) is 65.3 cm³/mol. The van der Waals surface area contributed by atoms with Crippen LogP contribution >= 0.6 is 0 Å². The van der Waals surface area contributed by atoms with Gasteiger partial charge in [0.1, 0.15) is 11.6 Å². The maximum absolute atomic E-state index is 13.8. The molecule has 2 heterocycles. The van der Waals surface area contributed by atoms with Gasteiger partial charge in [0.25, 0.3) is 0 Å². The van der Waals surface area contributed by atoms with Crippen LogP contribution in [0.5, 0.6) is 0 Å². The van der Waals surface area contributed by atoms with Crippen LogP contribution in [-0.2, 0) is 6.42 Å². The topological polar surface area (TPSA) is 43.8 Å². The van der Waals surface area contributed by atoms with Crippen LogP contribution in [-0.4, -0.2) is 9.55 Å². The maximum Gasteiger partial charge on any atom is 0.128 e. The van der Waals surface area contributed by atoms with Crippen LogP contribution in [0.2, 0.25) is 0 Å². The first-order valence-corrected chi connectivity index (χ1v) is 6.04. The van der Waals surface area contributed by atoms with Crippen LogP contribution in [0.1, 0.15) is 43.7 Å². The molecule has 0 radical (unpaired) electrons. The van der Waals surface area contributed by atoms with Gasteiger partial charge in [0.15, 0.2) is 0 Å². The summed E-state index contributed by atoms with van der Waals surface area (Å²) >= 11 is 0. The Kier molecular flexibility index (Phi) is 2.23. The number of halogens is 1. The summed E-state index contributed by atoms with van der Waals surface area (Å²) in [5.74, 6) is 0.737. The van der Waals surface area contributed by atoms with E-state index in [-0.39, 0.29) is 11.9 Å². The van der Waals surface area contributed by atoms with Gasteiger partial charge in [0.2, 0.25) is 0 Å². The average molecular weight is 233 g/mol. The number of nitrogens with zero attached hydrogens (tertiary/aromatic N) is 2. The molecule has 3 rings (SSSR count). The summed E-state index contributed by atoms with van der Waals surface area (Å²) < 4.78 is 15.9. The third-order valence-electron chi connectivity index (χ3n) is 3.59. The standard InChI is InChI=1S/C13H16FN3/c1-7-3-4-9-10(14)5-6-11-12(9)17(7)13(16-11)8(2)15/h5-8H,3-4,15H2,1-2H3/t7-,8?/m0/s1. The van der Waals surface area contributed by atoms with Crippen molar-refractivity contribution in [1.82, 2.24) is 9.55 Å². The molecule has 0 spiro atoms. The highest BCUT2D eigenvalue weighted by Gasteiger charge is 2.25. The fourth-order valence-corrected chi connectivity index (χ4v) is 2.74. The number of hydrogen-bond acceptors (Lipinski definition) is 2. The van der Waals surface area contributed by atoms with E-state index in [1.165, 1.54) is 6.07 Å². The van der Waals surface area contributed by atoms with Gasteiger partial charge in [-0.1, -0.05) is 0 Å². The molecular weight excluding hydrogens is 217 g/mol. The Morgan fingerprint density at radius 2 is 2.29 bits per heavy atom. The third kappa shape index (κ3) is 1.40. The summed E-state index contributed by atoms with van der Waals surface area (Å²) in [5, 5.41) is 0. The van der Waals surface area contributed by atoms with Crippen molar-refractivity contribution in [3.8, 4) is 0 Å². The molecule has 17 heavy (non-hydrogen) atoms. The van der Waals surface area contributed by atoms with Crippen LogP contribution in [0.25, 0.3) is 11.0 Å². The zero-order valence-electron chi connectivity index (χ0n) is 10.1. The molecule has 1 aromatic heterocycles. The second-order valence-corrected chi connectivity index (χ2v) is 4.91. The number of nitrogens with two attached hydrogens (primary N) is 1. The van der Waals surface area contributed by atoms with Crippen LogP contribution in [0.3, 0.4) is 0 Å². The summed E-state index contributed by atoms with van der Waals surface area (Å²) in [7, 11) is 0. The molecule has 0 amide bonds. The lowest BCUT2D eigenvalue weighted by Gasteiger charge is -2.24.